The monoisotopic (exact) mass is 357 g/mol. The summed E-state index contributed by atoms with van der Waals surface area (Å²) in [4.78, 5) is 19.5. The van der Waals surface area contributed by atoms with Crippen LogP contribution < -0.4 is 4.72 Å². The van der Waals surface area contributed by atoms with Crippen molar-refractivity contribution in [2.24, 2.45) is 0 Å². The highest BCUT2D eigenvalue weighted by Gasteiger charge is 2.19. The maximum absolute atomic E-state index is 12.7. The first kappa shape index (κ1) is 16.8. The van der Waals surface area contributed by atoms with Crippen LogP contribution in [0.3, 0.4) is 0 Å². The van der Waals surface area contributed by atoms with E-state index in [0.717, 1.165) is 0 Å². The number of hydrogen-bond acceptors (Lipinski definition) is 5. The number of carboxylic acid groups (broad SMARTS) is 1. The van der Waals surface area contributed by atoms with Gasteiger partial charge in [0.1, 0.15) is 5.52 Å². The van der Waals surface area contributed by atoms with Crippen molar-refractivity contribution in [1.29, 1.82) is 0 Å². The first-order valence-electron chi connectivity index (χ1n) is 7.51. The predicted molar refractivity (Wildman–Crippen MR) is 93.1 cm³/mol. The summed E-state index contributed by atoms with van der Waals surface area (Å²) in [5.74, 6) is -1.16. The van der Waals surface area contributed by atoms with E-state index in [0.29, 0.717) is 23.0 Å². The van der Waals surface area contributed by atoms with E-state index in [9.17, 15) is 18.3 Å². The molecule has 8 heteroatoms. The lowest BCUT2D eigenvalue weighted by Gasteiger charge is -2.11. The van der Waals surface area contributed by atoms with Crippen LogP contribution in [0.2, 0.25) is 0 Å². The van der Waals surface area contributed by atoms with Crippen LogP contribution in [0.5, 0.6) is 0 Å². The molecular weight excluding hydrogens is 342 g/mol. The first-order valence-corrected chi connectivity index (χ1v) is 8.99. The van der Waals surface area contributed by atoms with E-state index < -0.39 is 16.0 Å². The molecule has 0 amide bonds. The van der Waals surface area contributed by atoms with Crippen molar-refractivity contribution in [2.45, 2.75) is 18.2 Å². The molecule has 3 rings (SSSR count). The fourth-order valence-corrected chi connectivity index (χ4v) is 3.60. The molecule has 0 fully saturated rings. The van der Waals surface area contributed by atoms with Gasteiger partial charge in [-0.05, 0) is 36.2 Å². The number of aromatic carboxylic acids is 1. The molecule has 0 saturated carbocycles. The third-order valence-corrected chi connectivity index (χ3v) is 5.11. The van der Waals surface area contributed by atoms with Gasteiger partial charge >= 0.3 is 5.97 Å². The van der Waals surface area contributed by atoms with Crippen molar-refractivity contribution in [3.05, 3.63) is 59.9 Å². The lowest BCUT2D eigenvalue weighted by Crippen LogP contribution is -2.15. The summed E-state index contributed by atoms with van der Waals surface area (Å²) < 4.78 is 27.8. The minimum Gasteiger partial charge on any atom is -0.478 e. The number of carboxylic acids is 1. The number of nitrogens with zero attached hydrogens (tertiary/aromatic N) is 2. The molecule has 0 aliphatic heterocycles. The summed E-state index contributed by atoms with van der Waals surface area (Å²) >= 11 is 0. The molecule has 3 aromatic rings. The summed E-state index contributed by atoms with van der Waals surface area (Å²) in [7, 11) is -3.97. The zero-order chi connectivity index (χ0) is 18.0. The fourth-order valence-electron chi connectivity index (χ4n) is 2.51. The molecule has 128 valence electrons. The molecule has 0 unspecified atom stereocenters. The van der Waals surface area contributed by atoms with Crippen LogP contribution in [0.1, 0.15) is 22.8 Å². The topological polar surface area (TPSA) is 109 Å². The zero-order valence-electron chi connectivity index (χ0n) is 13.3. The van der Waals surface area contributed by atoms with E-state index in [4.69, 9.17) is 0 Å². The second-order valence-corrected chi connectivity index (χ2v) is 7.00. The van der Waals surface area contributed by atoms with Crippen LogP contribution in [0.25, 0.3) is 11.0 Å². The highest BCUT2D eigenvalue weighted by atomic mass is 32.2. The number of aryl methyl sites for hydroxylation is 1. The Morgan fingerprint density at radius 1 is 1.16 bits per heavy atom. The molecular formula is C17H15N3O4S. The lowest BCUT2D eigenvalue weighted by atomic mass is 10.1. The molecule has 2 aromatic carbocycles. The summed E-state index contributed by atoms with van der Waals surface area (Å²) in [5, 5.41) is 9.28. The van der Waals surface area contributed by atoms with Crippen molar-refractivity contribution >= 4 is 32.7 Å². The molecule has 0 aliphatic carbocycles. The Morgan fingerprint density at radius 3 is 2.64 bits per heavy atom. The third kappa shape index (κ3) is 3.29. The molecule has 0 aliphatic rings. The SMILES string of the molecule is CCc1ccc(S(=O)(=O)Nc2cccc3nccnc23)cc1C(=O)O. The molecule has 7 nitrogen and oxygen atoms in total. The smallest absolute Gasteiger partial charge is 0.336 e. The van der Waals surface area contributed by atoms with Gasteiger partial charge in [-0.15, -0.1) is 0 Å². The number of hydrogen-bond donors (Lipinski definition) is 2. The molecule has 1 heterocycles. The highest BCUT2D eigenvalue weighted by molar-refractivity contribution is 7.92. The van der Waals surface area contributed by atoms with Gasteiger partial charge in [0.2, 0.25) is 0 Å². The van der Waals surface area contributed by atoms with Crippen LogP contribution in [0.15, 0.2) is 53.7 Å². The summed E-state index contributed by atoms with van der Waals surface area (Å²) in [6, 6.07) is 9.04. The Balaban J connectivity index is 2.05. The Labute approximate surface area is 144 Å². The van der Waals surface area contributed by atoms with E-state index in [1.807, 2.05) is 6.92 Å². The molecule has 2 N–H and O–H groups in total. The van der Waals surface area contributed by atoms with Gasteiger partial charge in [-0.1, -0.05) is 19.1 Å². The van der Waals surface area contributed by atoms with Gasteiger partial charge in [0.05, 0.1) is 21.7 Å². The van der Waals surface area contributed by atoms with Crippen molar-refractivity contribution in [2.75, 3.05) is 4.72 Å². The maximum Gasteiger partial charge on any atom is 0.336 e. The second-order valence-electron chi connectivity index (χ2n) is 5.31. The van der Waals surface area contributed by atoms with Gasteiger partial charge in [-0.3, -0.25) is 14.7 Å². The van der Waals surface area contributed by atoms with Crippen LogP contribution in [0, 0.1) is 0 Å². The zero-order valence-corrected chi connectivity index (χ0v) is 14.1. The van der Waals surface area contributed by atoms with E-state index >= 15 is 0 Å². The minimum absolute atomic E-state index is 0.0249. The van der Waals surface area contributed by atoms with Crippen molar-refractivity contribution in [1.82, 2.24) is 9.97 Å². The molecule has 0 spiro atoms. The Morgan fingerprint density at radius 2 is 1.92 bits per heavy atom. The summed E-state index contributed by atoms with van der Waals surface area (Å²) in [5.41, 5.74) is 1.79. The van der Waals surface area contributed by atoms with Crippen molar-refractivity contribution < 1.29 is 18.3 Å². The standard InChI is InChI=1S/C17H15N3O4S/c1-2-11-6-7-12(10-13(11)17(21)22)25(23,24)20-15-5-3-4-14-16(15)19-9-8-18-14/h3-10,20H,2H2,1H3,(H,21,22). The van der Waals surface area contributed by atoms with Gasteiger partial charge in [0, 0.05) is 12.4 Å². The number of carbonyl (C=O) groups is 1. The van der Waals surface area contributed by atoms with Crippen LogP contribution in [-0.2, 0) is 16.4 Å². The fraction of sp³-hybridized carbons (Fsp3) is 0.118. The van der Waals surface area contributed by atoms with E-state index in [1.54, 1.807) is 18.2 Å². The number of sulfonamides is 1. The van der Waals surface area contributed by atoms with Crippen LogP contribution >= 0.6 is 0 Å². The largest absolute Gasteiger partial charge is 0.478 e. The van der Waals surface area contributed by atoms with E-state index in [1.165, 1.54) is 30.6 Å². The number of nitrogens with one attached hydrogen (secondary N) is 1. The number of fused-ring (bicyclic) bond motifs is 1. The average Bonchev–Trinajstić information content (AvgIpc) is 2.61. The van der Waals surface area contributed by atoms with Gasteiger partial charge in [0.25, 0.3) is 10.0 Å². The van der Waals surface area contributed by atoms with Gasteiger partial charge in [-0.25, -0.2) is 13.2 Å². The van der Waals surface area contributed by atoms with Gasteiger partial charge in [0.15, 0.2) is 0 Å². The van der Waals surface area contributed by atoms with Crippen molar-refractivity contribution in [3.8, 4) is 0 Å². The number of aromatic nitrogens is 2. The van der Waals surface area contributed by atoms with E-state index in [2.05, 4.69) is 14.7 Å². The maximum atomic E-state index is 12.7. The highest BCUT2D eigenvalue weighted by Crippen LogP contribution is 2.24. The Kier molecular flexibility index (Phi) is 4.37. The van der Waals surface area contributed by atoms with Gasteiger partial charge in [-0.2, -0.15) is 0 Å². The predicted octanol–water partition coefficient (Wildman–Crippen LogP) is 2.69. The number of rotatable bonds is 5. The molecule has 0 bridgehead atoms. The van der Waals surface area contributed by atoms with Crippen LogP contribution in [-0.4, -0.2) is 29.5 Å². The summed E-state index contributed by atoms with van der Waals surface area (Å²) in [6.07, 6.45) is 3.48. The van der Waals surface area contributed by atoms with E-state index in [-0.39, 0.29) is 16.1 Å². The van der Waals surface area contributed by atoms with Crippen LogP contribution in [0.4, 0.5) is 5.69 Å². The summed E-state index contributed by atoms with van der Waals surface area (Å²) in [6.45, 7) is 1.81. The number of para-hydroxylation sites is 1. The van der Waals surface area contributed by atoms with Gasteiger partial charge < -0.3 is 5.11 Å². The molecule has 0 atom stereocenters. The third-order valence-electron chi connectivity index (χ3n) is 3.75. The molecule has 0 radical (unpaired) electrons. The van der Waals surface area contributed by atoms with Crippen molar-refractivity contribution in [3.63, 3.8) is 0 Å². The minimum atomic E-state index is -3.97. The quantitative estimate of drug-likeness (QED) is 0.726. The molecule has 0 saturated heterocycles. The number of benzene rings is 2. The first-order chi connectivity index (χ1) is 11.9. The molecule has 25 heavy (non-hydrogen) atoms. The second kappa shape index (κ2) is 6.48. The number of anilines is 1. The Bertz CT molecular complexity index is 1060. The average molecular weight is 357 g/mol. The lowest BCUT2D eigenvalue weighted by molar-refractivity contribution is 0.0695. The Hall–Kier alpha value is -3.00. The molecule has 1 aromatic heterocycles. The normalized spacial score (nSPS) is 11.4.